The van der Waals surface area contributed by atoms with Crippen molar-refractivity contribution in [1.82, 2.24) is 9.78 Å². The van der Waals surface area contributed by atoms with E-state index in [1.165, 1.54) is 0 Å². The average Bonchev–Trinajstić information content (AvgIpc) is 2.58. The minimum Gasteiger partial charge on any atom is -0.272 e. The Bertz CT molecular complexity index is 453. The molecule has 1 heterocycles. The van der Waals surface area contributed by atoms with E-state index >= 15 is 0 Å². The molecule has 1 aromatic heterocycles. The molecule has 108 valence electrons. The van der Waals surface area contributed by atoms with Crippen LogP contribution in [0.5, 0.6) is 0 Å². The third-order valence-corrected chi connectivity index (χ3v) is 3.26. The molecule has 0 amide bonds. The van der Waals surface area contributed by atoms with Crippen LogP contribution in [0.2, 0.25) is 0 Å². The smallest absolute Gasteiger partial charge is 0.272 e. The second kappa shape index (κ2) is 4.45. The highest BCUT2D eigenvalue weighted by molar-refractivity contribution is 5.23. The van der Waals surface area contributed by atoms with Gasteiger partial charge in [0.05, 0.1) is 11.3 Å². The first-order chi connectivity index (χ1) is 8.58. The Labute approximate surface area is 107 Å². The lowest BCUT2D eigenvalue weighted by molar-refractivity contribution is -0.138. The van der Waals surface area contributed by atoms with Gasteiger partial charge in [0.25, 0.3) is 0 Å². The summed E-state index contributed by atoms with van der Waals surface area (Å²) in [4.78, 5) is 0. The third kappa shape index (κ3) is 3.06. The van der Waals surface area contributed by atoms with Gasteiger partial charge in [-0.15, -0.1) is 0 Å². The Morgan fingerprint density at radius 2 is 1.95 bits per heavy atom. The predicted molar refractivity (Wildman–Crippen MR) is 59.0 cm³/mol. The SMILES string of the molecule is CC(C)c1nn(CC2CC(F)(F)C2)cc1C(F)(F)F. The first kappa shape index (κ1) is 14.3. The van der Waals surface area contributed by atoms with Crippen LogP contribution in [0.1, 0.15) is 43.9 Å². The molecule has 0 saturated heterocycles. The number of rotatable bonds is 3. The molecule has 1 saturated carbocycles. The fourth-order valence-electron chi connectivity index (χ4n) is 2.35. The zero-order chi connectivity index (χ0) is 14.4. The van der Waals surface area contributed by atoms with Crippen LogP contribution in [0.4, 0.5) is 22.0 Å². The molecule has 0 spiro atoms. The Balaban J connectivity index is 2.15. The number of nitrogens with zero attached hydrogens (tertiary/aromatic N) is 2. The van der Waals surface area contributed by atoms with Gasteiger partial charge >= 0.3 is 6.18 Å². The highest BCUT2D eigenvalue weighted by Gasteiger charge is 2.45. The summed E-state index contributed by atoms with van der Waals surface area (Å²) < 4.78 is 64.9. The van der Waals surface area contributed by atoms with E-state index in [4.69, 9.17) is 0 Å². The van der Waals surface area contributed by atoms with Crippen LogP contribution in [0, 0.1) is 5.92 Å². The highest BCUT2D eigenvalue weighted by Crippen LogP contribution is 2.43. The van der Waals surface area contributed by atoms with Crippen molar-refractivity contribution in [2.45, 2.75) is 51.3 Å². The van der Waals surface area contributed by atoms with Gasteiger partial charge in [-0.25, -0.2) is 8.78 Å². The van der Waals surface area contributed by atoms with Gasteiger partial charge in [-0.2, -0.15) is 18.3 Å². The second-order valence-corrected chi connectivity index (χ2v) is 5.43. The van der Waals surface area contributed by atoms with Gasteiger partial charge < -0.3 is 0 Å². The van der Waals surface area contributed by atoms with Crippen molar-refractivity contribution in [3.8, 4) is 0 Å². The molecule has 1 aromatic rings. The number of alkyl halides is 5. The van der Waals surface area contributed by atoms with Crippen molar-refractivity contribution < 1.29 is 22.0 Å². The first-order valence-electron chi connectivity index (χ1n) is 6.11. The Kier molecular flexibility index (Phi) is 3.35. The zero-order valence-corrected chi connectivity index (χ0v) is 10.6. The molecular weight excluding hydrogens is 267 g/mol. The molecule has 0 bridgehead atoms. The van der Waals surface area contributed by atoms with Crippen LogP contribution in [-0.2, 0) is 12.7 Å². The van der Waals surface area contributed by atoms with E-state index in [0.717, 1.165) is 10.9 Å². The van der Waals surface area contributed by atoms with Crippen molar-refractivity contribution in [3.63, 3.8) is 0 Å². The monoisotopic (exact) mass is 282 g/mol. The van der Waals surface area contributed by atoms with Crippen molar-refractivity contribution >= 4 is 0 Å². The van der Waals surface area contributed by atoms with Crippen molar-refractivity contribution in [2.75, 3.05) is 0 Å². The van der Waals surface area contributed by atoms with E-state index in [9.17, 15) is 22.0 Å². The summed E-state index contributed by atoms with van der Waals surface area (Å²) in [6.45, 7) is 3.37. The van der Waals surface area contributed by atoms with Crippen LogP contribution in [0.3, 0.4) is 0 Å². The minimum atomic E-state index is -4.46. The summed E-state index contributed by atoms with van der Waals surface area (Å²) in [5.74, 6) is -3.32. The quantitative estimate of drug-likeness (QED) is 0.764. The molecule has 0 aromatic carbocycles. The van der Waals surface area contributed by atoms with Crippen LogP contribution < -0.4 is 0 Å². The molecule has 2 nitrogen and oxygen atoms in total. The van der Waals surface area contributed by atoms with E-state index in [1.807, 2.05) is 0 Å². The summed E-state index contributed by atoms with van der Waals surface area (Å²) in [6.07, 6.45) is -4.08. The van der Waals surface area contributed by atoms with Crippen molar-refractivity contribution in [3.05, 3.63) is 17.5 Å². The molecule has 7 heteroatoms. The van der Waals surface area contributed by atoms with Gasteiger partial charge in [-0.1, -0.05) is 13.8 Å². The molecule has 0 aliphatic heterocycles. The van der Waals surface area contributed by atoms with Crippen LogP contribution in [0.25, 0.3) is 0 Å². The minimum absolute atomic E-state index is 0.0291. The molecule has 1 aliphatic carbocycles. The standard InChI is InChI=1S/C12H15F5N2/c1-7(2)10-9(12(15,16)17)6-19(18-10)5-8-3-11(13,14)4-8/h6-8H,3-5H2,1-2H3. The van der Waals surface area contributed by atoms with Crippen molar-refractivity contribution in [2.24, 2.45) is 5.92 Å². The van der Waals surface area contributed by atoms with Gasteiger partial charge in [0.15, 0.2) is 0 Å². The average molecular weight is 282 g/mol. The highest BCUT2D eigenvalue weighted by atomic mass is 19.4. The molecule has 19 heavy (non-hydrogen) atoms. The molecule has 0 atom stereocenters. The Morgan fingerprint density at radius 3 is 2.32 bits per heavy atom. The maximum atomic E-state index is 12.8. The van der Waals surface area contributed by atoms with Crippen LogP contribution in [-0.4, -0.2) is 15.7 Å². The maximum Gasteiger partial charge on any atom is 0.419 e. The van der Waals surface area contributed by atoms with Crippen molar-refractivity contribution in [1.29, 1.82) is 0 Å². The predicted octanol–water partition coefficient (Wildman–Crippen LogP) is 4.07. The summed E-state index contributed by atoms with van der Waals surface area (Å²) in [5, 5.41) is 3.90. The van der Waals surface area contributed by atoms with E-state index in [-0.39, 0.29) is 36.9 Å². The third-order valence-electron chi connectivity index (χ3n) is 3.26. The second-order valence-electron chi connectivity index (χ2n) is 5.43. The molecule has 0 radical (unpaired) electrons. The van der Waals surface area contributed by atoms with Gasteiger partial charge in [0, 0.05) is 25.6 Å². The van der Waals surface area contributed by atoms with Gasteiger partial charge in [-0.3, -0.25) is 4.68 Å². The molecule has 1 aliphatic rings. The van der Waals surface area contributed by atoms with Crippen LogP contribution >= 0.6 is 0 Å². The number of halogens is 5. The maximum absolute atomic E-state index is 12.8. The molecule has 2 rings (SSSR count). The number of hydrogen-bond acceptors (Lipinski definition) is 1. The zero-order valence-electron chi connectivity index (χ0n) is 10.6. The Hall–Kier alpha value is -1.14. The number of aromatic nitrogens is 2. The fourth-order valence-corrected chi connectivity index (χ4v) is 2.35. The van der Waals surface area contributed by atoms with Gasteiger partial charge in [-0.05, 0) is 11.8 Å². The number of hydrogen-bond donors (Lipinski definition) is 0. The summed E-state index contributed by atoms with van der Waals surface area (Å²) in [5.41, 5.74) is -0.799. The molecular formula is C12H15F5N2. The summed E-state index contributed by atoms with van der Waals surface area (Å²) >= 11 is 0. The summed E-state index contributed by atoms with van der Waals surface area (Å²) in [7, 11) is 0. The summed E-state index contributed by atoms with van der Waals surface area (Å²) in [6, 6.07) is 0. The lowest BCUT2D eigenvalue weighted by Crippen LogP contribution is -2.37. The van der Waals surface area contributed by atoms with E-state index in [1.54, 1.807) is 13.8 Å². The molecule has 0 unspecified atom stereocenters. The normalized spacial score (nSPS) is 19.8. The molecule has 0 N–H and O–H groups in total. The topological polar surface area (TPSA) is 17.8 Å². The molecule has 1 fully saturated rings. The first-order valence-corrected chi connectivity index (χ1v) is 6.11. The fraction of sp³-hybridized carbons (Fsp3) is 0.750. The van der Waals surface area contributed by atoms with Crippen LogP contribution in [0.15, 0.2) is 6.20 Å². The lowest BCUT2D eigenvalue weighted by Gasteiger charge is -2.34. The van der Waals surface area contributed by atoms with Gasteiger partial charge in [0.2, 0.25) is 5.92 Å². The Morgan fingerprint density at radius 1 is 1.37 bits per heavy atom. The largest absolute Gasteiger partial charge is 0.419 e. The van der Waals surface area contributed by atoms with Gasteiger partial charge in [0.1, 0.15) is 0 Å². The van der Waals surface area contributed by atoms with E-state index in [0.29, 0.717) is 0 Å². The lowest BCUT2D eigenvalue weighted by atomic mass is 9.81. The van der Waals surface area contributed by atoms with E-state index in [2.05, 4.69) is 5.10 Å². The van der Waals surface area contributed by atoms with E-state index < -0.39 is 17.7 Å².